The number of carbonyl (C=O) groups excluding carboxylic acids is 6. The smallest absolute Gasteiger partial charge is 0.321 e. The first-order valence-corrected chi connectivity index (χ1v) is 14.6. The second kappa shape index (κ2) is 57.6. The third-order valence-corrected chi connectivity index (χ3v) is 4.08. The first-order valence-electron chi connectivity index (χ1n) is 15.6. The Kier molecular flexibility index (Phi) is 62.8. The molecule has 248 valence electrons. The van der Waals surface area contributed by atoms with Crippen molar-refractivity contribution in [2.45, 2.75) is 106 Å². The Labute approximate surface area is 258 Å². The monoisotopic (exact) mass is 607 g/mol. The summed E-state index contributed by atoms with van der Waals surface area (Å²) in [6.45, 7) is 21.5. The number of hydrogen-bond donors (Lipinski definition) is 4. The summed E-state index contributed by atoms with van der Waals surface area (Å²) in [4.78, 5) is 64.9. The van der Waals surface area contributed by atoms with E-state index in [2.05, 4.69) is 23.3 Å². The van der Waals surface area contributed by atoms with Crippen LogP contribution in [0.15, 0.2) is 25.3 Å². The largest absolute Gasteiger partial charge is 0.475 e. The third-order valence-electron chi connectivity index (χ3n) is 4.08. The summed E-state index contributed by atoms with van der Waals surface area (Å²) < 4.78 is 12.9. The van der Waals surface area contributed by atoms with Crippen LogP contribution >= 0.6 is 0 Å². The van der Waals surface area contributed by atoms with E-state index in [4.69, 9.17) is 8.48 Å². The number of unbranched alkanes of at least 4 members (excludes halogenated alkanes) is 6. The molecule has 12 heteroatoms. The van der Waals surface area contributed by atoms with Crippen LogP contribution in [0.1, 0.15) is 108 Å². The van der Waals surface area contributed by atoms with Crippen LogP contribution in [0.2, 0.25) is 0 Å². The van der Waals surface area contributed by atoms with Crippen molar-refractivity contribution in [3.63, 3.8) is 0 Å². The van der Waals surface area contributed by atoms with Crippen molar-refractivity contribution in [3.05, 3.63) is 25.3 Å². The van der Waals surface area contributed by atoms with E-state index >= 15 is 0 Å². The zero-order valence-corrected chi connectivity index (χ0v) is 27.0. The molecule has 1 rings (SSSR count). The van der Waals surface area contributed by atoms with Gasteiger partial charge in [0.05, 0.1) is 13.1 Å². The van der Waals surface area contributed by atoms with E-state index in [0.29, 0.717) is 11.6 Å². The van der Waals surface area contributed by atoms with Gasteiger partial charge < -0.3 is 36.1 Å². The van der Waals surface area contributed by atoms with Gasteiger partial charge in [-0.05, 0) is 71.7 Å². The molecule has 1 heterocycles. The molecule has 0 atom stereocenters. The fraction of sp³-hybridized carbons (Fsp3) is 0.667. The Bertz CT molecular complexity index is 679. The highest BCUT2D eigenvalue weighted by molar-refractivity contribution is 6.01. The van der Waals surface area contributed by atoms with Crippen LogP contribution in [-0.2, 0) is 33.6 Å². The first-order chi connectivity index (χ1) is 21.1. The van der Waals surface area contributed by atoms with E-state index < -0.39 is 24.6 Å². The summed E-state index contributed by atoms with van der Waals surface area (Å²) in [5, 5.41) is 5.77. The number of allylic oxidation sites excluding steroid dienone is 2. The van der Waals surface area contributed by atoms with Crippen LogP contribution in [0.5, 0.6) is 0 Å². The molecule has 0 aromatic carbocycles. The summed E-state index contributed by atoms with van der Waals surface area (Å²) in [5.74, 6) is -1.15. The van der Waals surface area contributed by atoms with E-state index in [1.165, 1.54) is 18.2 Å². The standard InChI is InChI=1S/C8H16N2O2.C7H16N2O.C5H5NO4.2C3H6.2C2H6/c11-7-9-5-3-1-2-4-6-10-8-12;8-5-3-1-2-4-6-9-7-10;7-3-10-6-4(8)1-2-5(6)9;2*1-3-2;2*1-2/h7H,1-6,10H2,(H,9,11);1-6,8-9H2;3H,1-2H2;2*3H,1H2,2H3;2*1-2H3/i7T;;3T;;;;. The van der Waals surface area contributed by atoms with Gasteiger partial charge in [0.1, 0.15) is 1.37 Å². The number of hydrogen-bond acceptors (Lipinski definition) is 8. The van der Waals surface area contributed by atoms with E-state index in [9.17, 15) is 28.8 Å². The second-order valence-corrected chi connectivity index (χ2v) is 7.44. The predicted molar refractivity (Wildman–Crippen MR) is 168 cm³/mol. The third kappa shape index (κ3) is 56.8. The van der Waals surface area contributed by atoms with Gasteiger partial charge in [-0.3, -0.25) is 19.2 Å². The molecule has 1 saturated heterocycles. The Hall–Kier alpha value is -3.22. The number of amides is 5. The maximum atomic E-state index is 10.7. The Morgan fingerprint density at radius 1 is 0.857 bits per heavy atom. The number of hydroxylamine groups is 2. The molecular formula is C30H61N5O7. The van der Waals surface area contributed by atoms with Crippen molar-refractivity contribution in [3.8, 4) is 0 Å². The molecular weight excluding hydrogens is 542 g/mol. The number of rotatable bonds is 16. The number of quaternary nitrogens is 2. The summed E-state index contributed by atoms with van der Waals surface area (Å²) in [6.07, 6.45) is 13.5. The van der Waals surface area contributed by atoms with Crippen molar-refractivity contribution in [1.82, 2.24) is 10.4 Å². The number of nitrogens with zero attached hydrogens (tertiary/aromatic N) is 1. The van der Waals surface area contributed by atoms with E-state index in [1.54, 1.807) is 30.3 Å². The first kappa shape index (κ1) is 45.8. The topological polar surface area (TPSA) is 186 Å². The molecule has 7 N–H and O–H groups in total. The lowest BCUT2D eigenvalue weighted by Crippen LogP contribution is -2.82. The zero-order chi connectivity index (χ0) is 35.4. The minimum absolute atomic E-state index is 0.0477. The van der Waals surface area contributed by atoms with Crippen LogP contribution in [0.25, 0.3) is 0 Å². The van der Waals surface area contributed by atoms with Crippen LogP contribution in [0, 0.1) is 0 Å². The van der Waals surface area contributed by atoms with Crippen molar-refractivity contribution in [1.29, 1.82) is 0 Å². The summed E-state index contributed by atoms with van der Waals surface area (Å²) >= 11 is 0. The SMILES string of the molecule is C=CC.C=CC.CC.CC.NCCCCCC[NH2+][C-]=O.[3H]C(=O)NCCCCCC[NH2+][C-]=O.[3H]C(=O)ON1C(=O)CCC1=O. The van der Waals surface area contributed by atoms with Gasteiger partial charge in [-0.2, -0.15) is 0 Å². The van der Waals surface area contributed by atoms with Gasteiger partial charge in [0.15, 0.2) is 1.37 Å². The van der Waals surface area contributed by atoms with Gasteiger partial charge in [-0.15, -0.1) is 18.2 Å². The molecule has 1 fully saturated rings. The number of carbonyl (C=O) groups is 4. The fourth-order valence-corrected chi connectivity index (χ4v) is 2.42. The van der Waals surface area contributed by atoms with Crippen LogP contribution < -0.4 is 21.7 Å². The summed E-state index contributed by atoms with van der Waals surface area (Å²) in [6, 6.07) is 0. The maximum absolute atomic E-state index is 10.7. The minimum atomic E-state index is -1.41. The lowest BCUT2D eigenvalue weighted by Gasteiger charge is -2.06. The molecule has 12 nitrogen and oxygen atoms in total. The molecule has 0 radical (unpaired) electrons. The molecule has 5 amide bonds. The number of primary amides is 2. The zero-order valence-electron chi connectivity index (χ0n) is 29.0. The average Bonchev–Trinajstić information content (AvgIpc) is 3.31. The van der Waals surface area contributed by atoms with Crippen LogP contribution in [0.3, 0.4) is 0 Å². The highest BCUT2D eigenvalue weighted by atomic mass is 16.7. The number of nitrogens with two attached hydrogens (primary N) is 3. The van der Waals surface area contributed by atoms with Gasteiger partial charge in [0.25, 0.3) is 11.8 Å². The van der Waals surface area contributed by atoms with E-state index in [-0.39, 0.29) is 12.8 Å². The normalized spacial score (nSPS) is 10.8. The van der Waals surface area contributed by atoms with Crippen molar-refractivity contribution >= 4 is 37.5 Å². The van der Waals surface area contributed by atoms with E-state index in [0.717, 1.165) is 58.2 Å². The summed E-state index contributed by atoms with van der Waals surface area (Å²) in [5.41, 5.74) is 5.30. The van der Waals surface area contributed by atoms with Gasteiger partial charge in [0.2, 0.25) is 6.39 Å². The minimum Gasteiger partial charge on any atom is -0.475 e. The van der Waals surface area contributed by atoms with Gasteiger partial charge in [0, 0.05) is 19.4 Å². The van der Waals surface area contributed by atoms with Gasteiger partial charge >= 0.3 is 6.45 Å². The van der Waals surface area contributed by atoms with Crippen molar-refractivity contribution in [2.24, 2.45) is 5.73 Å². The van der Waals surface area contributed by atoms with Crippen LogP contribution in [0.4, 0.5) is 0 Å². The van der Waals surface area contributed by atoms with Crippen molar-refractivity contribution in [2.75, 3.05) is 26.2 Å². The molecule has 0 aliphatic carbocycles. The Morgan fingerprint density at radius 3 is 1.57 bits per heavy atom. The van der Waals surface area contributed by atoms with Crippen LogP contribution in [-0.4, -0.2) is 68.7 Å². The maximum Gasteiger partial charge on any atom is 0.321 e. The molecule has 0 aromatic rings. The molecule has 0 aromatic heterocycles. The number of imide groups is 1. The number of nitrogens with one attached hydrogen (secondary N) is 1. The molecule has 42 heavy (non-hydrogen) atoms. The van der Waals surface area contributed by atoms with Gasteiger partial charge in [-0.25, -0.2) is 0 Å². The Balaban J connectivity index is -0.000000107. The highest BCUT2D eigenvalue weighted by Crippen LogP contribution is 2.10. The fourth-order valence-electron chi connectivity index (χ4n) is 2.42. The highest BCUT2D eigenvalue weighted by Gasteiger charge is 2.30. The molecule has 1 aliphatic rings. The Morgan fingerprint density at radius 2 is 1.24 bits per heavy atom. The lowest BCUT2D eigenvalue weighted by molar-refractivity contribution is -0.538. The van der Waals surface area contributed by atoms with Crippen molar-refractivity contribution < 1.29 is 47.0 Å². The molecule has 0 saturated carbocycles. The van der Waals surface area contributed by atoms with E-state index in [1.807, 2.05) is 41.5 Å². The lowest BCUT2D eigenvalue weighted by atomic mass is 10.2. The predicted octanol–water partition coefficient (Wildman–Crippen LogP) is 1.72. The molecule has 0 unspecified atom stereocenters. The summed E-state index contributed by atoms with van der Waals surface area (Å²) in [7, 11) is 0. The molecule has 0 spiro atoms. The molecule has 0 bridgehead atoms. The molecule has 1 aliphatic heterocycles. The van der Waals surface area contributed by atoms with Gasteiger partial charge in [-0.1, -0.05) is 52.7 Å². The second-order valence-electron chi connectivity index (χ2n) is 7.44. The average molecular weight is 608 g/mol. The quantitative estimate of drug-likeness (QED) is 0.0671.